The summed E-state index contributed by atoms with van der Waals surface area (Å²) < 4.78 is 0. The normalized spacial score (nSPS) is 23.1. The van der Waals surface area contributed by atoms with Crippen molar-refractivity contribution in [3.63, 3.8) is 0 Å². The van der Waals surface area contributed by atoms with Crippen LogP contribution in [0.25, 0.3) is 0 Å². The first-order chi connectivity index (χ1) is 4.61. The second-order valence-electron chi connectivity index (χ2n) is 3.97. The van der Waals surface area contributed by atoms with Crippen LogP contribution >= 0.6 is 0 Å². The highest BCUT2D eigenvalue weighted by Gasteiger charge is 2.26. The Balaban J connectivity index is 2.39. The Morgan fingerprint density at radius 2 is 2.20 bits per heavy atom. The Hall–Kier alpha value is -0.0400. The van der Waals surface area contributed by atoms with Crippen LogP contribution in [-0.2, 0) is 0 Å². The van der Waals surface area contributed by atoms with Crippen molar-refractivity contribution >= 4 is 0 Å². The Labute approximate surface area is 64.0 Å². The number of rotatable bonds is 1. The van der Waals surface area contributed by atoms with Gasteiger partial charge in [-0.25, -0.2) is 0 Å². The topological polar surface area (TPSA) is 26.0 Å². The van der Waals surface area contributed by atoms with E-state index in [-0.39, 0.29) is 5.54 Å². The van der Waals surface area contributed by atoms with Crippen molar-refractivity contribution in [3.8, 4) is 0 Å². The molecule has 1 radical (unpaired) electrons. The van der Waals surface area contributed by atoms with Crippen molar-refractivity contribution < 1.29 is 0 Å². The zero-order valence-electron chi connectivity index (χ0n) is 7.06. The van der Waals surface area contributed by atoms with Gasteiger partial charge in [-0.2, -0.15) is 0 Å². The average molecular weight is 140 g/mol. The average Bonchev–Trinajstić information content (AvgIpc) is 1.88. The van der Waals surface area contributed by atoms with Gasteiger partial charge in [0.1, 0.15) is 0 Å². The summed E-state index contributed by atoms with van der Waals surface area (Å²) in [5, 5.41) is 0. The van der Waals surface area contributed by atoms with Crippen LogP contribution in [0.4, 0.5) is 0 Å². The standard InChI is InChI=1S/C9H18N/c1-9(2,10)8-6-4-3-5-7-8/h4,8H,3,5-7,10H2,1-2H3. The molecule has 1 atom stereocenters. The van der Waals surface area contributed by atoms with Crippen LogP contribution in [-0.4, -0.2) is 5.54 Å². The molecule has 0 heterocycles. The molecule has 0 spiro atoms. The quantitative estimate of drug-likeness (QED) is 0.593. The second-order valence-corrected chi connectivity index (χ2v) is 3.97. The molecular formula is C9H18N. The maximum atomic E-state index is 5.99. The monoisotopic (exact) mass is 140 g/mol. The van der Waals surface area contributed by atoms with Gasteiger partial charge >= 0.3 is 0 Å². The molecule has 59 valence electrons. The van der Waals surface area contributed by atoms with Gasteiger partial charge in [-0.15, -0.1) is 0 Å². The summed E-state index contributed by atoms with van der Waals surface area (Å²) in [4.78, 5) is 0. The molecule has 1 fully saturated rings. The predicted molar refractivity (Wildman–Crippen MR) is 44.5 cm³/mol. The summed E-state index contributed by atoms with van der Waals surface area (Å²) in [6, 6.07) is 0. The molecule has 10 heavy (non-hydrogen) atoms. The number of hydrogen-bond donors (Lipinski definition) is 1. The Morgan fingerprint density at radius 3 is 2.50 bits per heavy atom. The van der Waals surface area contributed by atoms with Crippen LogP contribution in [0.15, 0.2) is 0 Å². The summed E-state index contributed by atoms with van der Waals surface area (Å²) in [5.74, 6) is 0.723. The van der Waals surface area contributed by atoms with E-state index in [1.807, 2.05) is 0 Å². The van der Waals surface area contributed by atoms with Crippen molar-refractivity contribution in [2.45, 2.75) is 45.1 Å². The molecule has 1 unspecified atom stereocenters. The minimum atomic E-state index is 0.0386. The lowest BCUT2D eigenvalue weighted by molar-refractivity contribution is 0.269. The van der Waals surface area contributed by atoms with Gasteiger partial charge in [0.15, 0.2) is 0 Å². The van der Waals surface area contributed by atoms with Crippen LogP contribution in [0, 0.1) is 12.3 Å². The van der Waals surface area contributed by atoms with Crippen molar-refractivity contribution in [3.05, 3.63) is 6.42 Å². The maximum Gasteiger partial charge on any atom is 0.0125 e. The minimum absolute atomic E-state index is 0.0386. The zero-order valence-corrected chi connectivity index (χ0v) is 7.06. The van der Waals surface area contributed by atoms with Crippen LogP contribution in [0.2, 0.25) is 0 Å². The Kier molecular flexibility index (Phi) is 2.35. The summed E-state index contributed by atoms with van der Waals surface area (Å²) >= 11 is 0. The Morgan fingerprint density at radius 1 is 1.50 bits per heavy atom. The third kappa shape index (κ3) is 1.98. The molecular weight excluding hydrogens is 122 g/mol. The fourth-order valence-corrected chi connectivity index (χ4v) is 1.62. The van der Waals surface area contributed by atoms with Crippen LogP contribution < -0.4 is 5.73 Å². The van der Waals surface area contributed by atoms with Gasteiger partial charge in [0, 0.05) is 5.54 Å². The van der Waals surface area contributed by atoms with Gasteiger partial charge in [0.2, 0.25) is 0 Å². The summed E-state index contributed by atoms with van der Waals surface area (Å²) in [6.07, 6.45) is 7.56. The van der Waals surface area contributed by atoms with E-state index in [9.17, 15) is 0 Å². The first-order valence-electron chi connectivity index (χ1n) is 4.21. The van der Waals surface area contributed by atoms with E-state index in [1.54, 1.807) is 0 Å². The highest BCUT2D eigenvalue weighted by molar-refractivity contribution is 4.89. The summed E-state index contributed by atoms with van der Waals surface area (Å²) in [5.41, 5.74) is 6.03. The van der Waals surface area contributed by atoms with E-state index < -0.39 is 0 Å². The fourth-order valence-electron chi connectivity index (χ4n) is 1.62. The van der Waals surface area contributed by atoms with E-state index in [0.717, 1.165) is 5.92 Å². The van der Waals surface area contributed by atoms with Crippen LogP contribution in [0.1, 0.15) is 39.5 Å². The second kappa shape index (κ2) is 2.91. The first-order valence-corrected chi connectivity index (χ1v) is 4.21. The van der Waals surface area contributed by atoms with Crippen molar-refractivity contribution in [1.82, 2.24) is 0 Å². The van der Waals surface area contributed by atoms with E-state index >= 15 is 0 Å². The highest BCUT2D eigenvalue weighted by atomic mass is 14.7. The molecule has 0 aromatic heterocycles. The molecule has 1 heteroatoms. The van der Waals surface area contributed by atoms with E-state index in [4.69, 9.17) is 5.73 Å². The van der Waals surface area contributed by atoms with Gasteiger partial charge in [-0.05, 0) is 39.0 Å². The maximum absolute atomic E-state index is 5.99. The smallest absolute Gasteiger partial charge is 0.0125 e. The first kappa shape index (κ1) is 8.06. The molecule has 0 aromatic rings. The van der Waals surface area contributed by atoms with E-state index in [2.05, 4.69) is 20.3 Å². The molecule has 2 N–H and O–H groups in total. The SMILES string of the molecule is CC(C)(N)C1C[CH]CCC1. The lowest BCUT2D eigenvalue weighted by Crippen LogP contribution is -2.41. The fraction of sp³-hybridized carbons (Fsp3) is 0.889. The van der Waals surface area contributed by atoms with Crippen molar-refractivity contribution in [2.75, 3.05) is 0 Å². The van der Waals surface area contributed by atoms with Crippen LogP contribution in [0.5, 0.6) is 0 Å². The van der Waals surface area contributed by atoms with Gasteiger partial charge < -0.3 is 5.73 Å². The zero-order chi connectivity index (χ0) is 7.61. The third-order valence-corrected chi connectivity index (χ3v) is 2.46. The van der Waals surface area contributed by atoms with Gasteiger partial charge in [-0.3, -0.25) is 0 Å². The molecule has 0 saturated heterocycles. The number of nitrogens with two attached hydrogens (primary N) is 1. The lowest BCUT2D eigenvalue weighted by atomic mass is 9.77. The predicted octanol–water partition coefficient (Wildman–Crippen LogP) is 2.12. The summed E-state index contributed by atoms with van der Waals surface area (Å²) in [7, 11) is 0. The molecule has 0 bridgehead atoms. The van der Waals surface area contributed by atoms with Crippen LogP contribution in [0.3, 0.4) is 0 Å². The van der Waals surface area contributed by atoms with E-state index in [1.165, 1.54) is 25.7 Å². The largest absolute Gasteiger partial charge is 0.325 e. The molecule has 0 aromatic carbocycles. The molecule has 1 rings (SSSR count). The number of hydrogen-bond acceptors (Lipinski definition) is 1. The molecule has 0 amide bonds. The Bertz CT molecular complexity index is 95.8. The van der Waals surface area contributed by atoms with E-state index in [0.29, 0.717) is 0 Å². The highest BCUT2D eigenvalue weighted by Crippen LogP contribution is 2.29. The molecule has 1 aliphatic rings. The minimum Gasteiger partial charge on any atom is -0.325 e. The summed E-state index contributed by atoms with van der Waals surface area (Å²) in [6.45, 7) is 4.27. The van der Waals surface area contributed by atoms with Gasteiger partial charge in [-0.1, -0.05) is 12.8 Å². The molecule has 1 nitrogen and oxygen atoms in total. The lowest BCUT2D eigenvalue weighted by Gasteiger charge is -2.33. The molecule has 1 aliphatic carbocycles. The van der Waals surface area contributed by atoms with Crippen molar-refractivity contribution in [1.29, 1.82) is 0 Å². The van der Waals surface area contributed by atoms with Crippen molar-refractivity contribution in [2.24, 2.45) is 11.7 Å². The molecule has 1 saturated carbocycles. The molecule has 0 aliphatic heterocycles. The van der Waals surface area contributed by atoms with Gasteiger partial charge in [0.25, 0.3) is 0 Å². The third-order valence-electron chi connectivity index (χ3n) is 2.46. The van der Waals surface area contributed by atoms with Gasteiger partial charge in [0.05, 0.1) is 0 Å².